The van der Waals surface area contributed by atoms with E-state index in [9.17, 15) is 14.7 Å². The Hall–Kier alpha value is -2.26. The van der Waals surface area contributed by atoms with Crippen LogP contribution in [0.5, 0.6) is 5.75 Å². The minimum absolute atomic E-state index is 0.353. The van der Waals surface area contributed by atoms with Crippen molar-refractivity contribution in [2.24, 2.45) is 5.73 Å². The van der Waals surface area contributed by atoms with E-state index in [0.29, 0.717) is 50.9 Å². The van der Waals surface area contributed by atoms with Gasteiger partial charge in [0.25, 0.3) is 11.5 Å². The van der Waals surface area contributed by atoms with E-state index >= 15 is 0 Å². The number of nitrogens with zero attached hydrogens (tertiary/aromatic N) is 2. The maximum atomic E-state index is 12.6. The Morgan fingerprint density at radius 3 is 2.61 bits per heavy atom. The molecule has 23 heavy (non-hydrogen) atoms. The van der Waals surface area contributed by atoms with E-state index in [1.807, 2.05) is 0 Å². The molecule has 1 aromatic rings. The van der Waals surface area contributed by atoms with Crippen molar-refractivity contribution in [3.63, 3.8) is 0 Å². The number of nitrogens with two attached hydrogens (primary N) is 1. The molecular formula is C14H21N5O4. The average Bonchev–Trinajstić information content (AvgIpc) is 2.55. The van der Waals surface area contributed by atoms with Gasteiger partial charge in [-0.25, -0.2) is 0 Å². The first kappa shape index (κ1) is 15.6. The quantitative estimate of drug-likeness (QED) is 0.550. The monoisotopic (exact) mass is 323 g/mol. The van der Waals surface area contributed by atoms with Crippen molar-refractivity contribution in [3.8, 4) is 5.75 Å². The van der Waals surface area contributed by atoms with Crippen LogP contribution in [0.4, 0.5) is 11.5 Å². The minimum atomic E-state index is -0.928. The zero-order chi connectivity index (χ0) is 16.4. The molecule has 0 spiro atoms. The number of hydrogen-bond acceptors (Lipinski definition) is 7. The molecule has 0 unspecified atom stereocenters. The van der Waals surface area contributed by atoms with E-state index in [1.165, 1.54) is 4.57 Å². The second kappa shape index (κ2) is 6.47. The number of fused-ring (bicyclic) bond motifs is 1. The molecule has 0 atom stereocenters. The molecule has 0 bridgehead atoms. The molecule has 1 saturated heterocycles. The van der Waals surface area contributed by atoms with Crippen LogP contribution in [0.2, 0.25) is 0 Å². The predicted octanol–water partition coefficient (Wildman–Crippen LogP) is -1.18. The van der Waals surface area contributed by atoms with Crippen LogP contribution < -0.4 is 21.9 Å². The Morgan fingerprint density at radius 1 is 1.22 bits per heavy atom. The molecule has 3 rings (SSSR count). The lowest BCUT2D eigenvalue weighted by atomic mass is 10.1. The number of pyridine rings is 1. The number of morpholine rings is 1. The normalized spacial score (nSPS) is 17.9. The van der Waals surface area contributed by atoms with Crippen molar-refractivity contribution in [2.45, 2.75) is 6.54 Å². The summed E-state index contributed by atoms with van der Waals surface area (Å²) in [5, 5.41) is 16.3. The largest absolute Gasteiger partial charge is 0.505 e. The summed E-state index contributed by atoms with van der Waals surface area (Å²) in [7, 11) is 0. The Balaban J connectivity index is 1.95. The third-order valence-electron chi connectivity index (χ3n) is 4.15. The number of carbonyl (C=O) groups excluding carboxylic acids is 1. The Labute approximate surface area is 133 Å². The number of rotatable bonds is 4. The van der Waals surface area contributed by atoms with Crippen LogP contribution in [0, 0.1) is 0 Å². The van der Waals surface area contributed by atoms with Crippen molar-refractivity contribution in [1.29, 1.82) is 0 Å². The van der Waals surface area contributed by atoms with Crippen molar-refractivity contribution < 1.29 is 14.6 Å². The highest BCUT2D eigenvalue weighted by Crippen LogP contribution is 2.34. The first-order chi connectivity index (χ1) is 11.1. The first-order valence-electron chi connectivity index (χ1n) is 7.67. The number of aromatic nitrogens is 1. The van der Waals surface area contributed by atoms with Crippen molar-refractivity contribution in [2.75, 3.05) is 56.6 Å². The van der Waals surface area contributed by atoms with Crippen molar-refractivity contribution in [3.05, 3.63) is 15.9 Å². The molecule has 9 heteroatoms. The summed E-state index contributed by atoms with van der Waals surface area (Å²) >= 11 is 0. The summed E-state index contributed by atoms with van der Waals surface area (Å²) in [6, 6.07) is 0. The van der Waals surface area contributed by atoms with E-state index in [-0.39, 0.29) is 11.3 Å². The fourth-order valence-corrected chi connectivity index (χ4v) is 2.93. The molecule has 5 N–H and O–H groups in total. The highest BCUT2D eigenvalue weighted by atomic mass is 16.5. The first-order valence-corrected chi connectivity index (χ1v) is 7.67. The molecular weight excluding hydrogens is 302 g/mol. The van der Waals surface area contributed by atoms with Crippen LogP contribution >= 0.6 is 0 Å². The minimum Gasteiger partial charge on any atom is -0.505 e. The number of ether oxygens (including phenoxy) is 1. The van der Waals surface area contributed by atoms with Gasteiger partial charge in [0.1, 0.15) is 17.1 Å². The molecule has 1 aromatic heterocycles. The summed E-state index contributed by atoms with van der Waals surface area (Å²) in [5.74, 6) is -0.813. The predicted molar refractivity (Wildman–Crippen MR) is 85.1 cm³/mol. The molecule has 2 aliphatic heterocycles. The molecule has 0 saturated carbocycles. The number of amides is 1. The van der Waals surface area contributed by atoms with Gasteiger partial charge in [-0.05, 0) is 0 Å². The smallest absolute Gasteiger partial charge is 0.268 e. The van der Waals surface area contributed by atoms with Gasteiger partial charge in [-0.3, -0.25) is 19.1 Å². The fourth-order valence-electron chi connectivity index (χ4n) is 2.93. The lowest BCUT2D eigenvalue weighted by Crippen LogP contribution is -2.41. The average molecular weight is 323 g/mol. The number of hydrogen-bond donors (Lipinski definition) is 4. The molecule has 0 aromatic carbocycles. The standard InChI is InChI=1S/C14H21N5O4/c15-12(21)9-11(20)10-13(17-2-1-16-10)19(14(9)22)4-3-18-5-7-23-8-6-18/h16-17,20H,1-8H2,(H2,15,21). The second-order valence-electron chi connectivity index (χ2n) is 5.58. The van der Waals surface area contributed by atoms with Crippen LogP contribution in [-0.4, -0.2) is 66.4 Å². The van der Waals surface area contributed by atoms with Gasteiger partial charge in [0, 0.05) is 39.3 Å². The van der Waals surface area contributed by atoms with Crippen molar-refractivity contribution in [1.82, 2.24) is 9.47 Å². The van der Waals surface area contributed by atoms with Crippen LogP contribution in [-0.2, 0) is 11.3 Å². The van der Waals surface area contributed by atoms with Gasteiger partial charge in [0.15, 0.2) is 5.75 Å². The van der Waals surface area contributed by atoms with Gasteiger partial charge in [-0.15, -0.1) is 0 Å². The third-order valence-corrected chi connectivity index (χ3v) is 4.15. The van der Waals surface area contributed by atoms with Gasteiger partial charge in [0.05, 0.1) is 13.2 Å². The summed E-state index contributed by atoms with van der Waals surface area (Å²) in [6.07, 6.45) is 0. The molecule has 0 aliphatic carbocycles. The highest BCUT2D eigenvalue weighted by molar-refractivity contribution is 5.98. The molecule has 1 fully saturated rings. The maximum absolute atomic E-state index is 12.6. The lowest BCUT2D eigenvalue weighted by Gasteiger charge is -2.29. The third kappa shape index (κ3) is 2.97. The highest BCUT2D eigenvalue weighted by Gasteiger charge is 2.26. The zero-order valence-electron chi connectivity index (χ0n) is 12.8. The summed E-state index contributed by atoms with van der Waals surface area (Å²) in [4.78, 5) is 26.3. The number of carbonyl (C=O) groups is 1. The fraction of sp³-hybridized carbons (Fsp3) is 0.571. The molecule has 0 radical (unpaired) electrons. The number of nitrogens with one attached hydrogen (secondary N) is 2. The van der Waals surface area contributed by atoms with E-state index in [4.69, 9.17) is 10.5 Å². The number of aromatic hydroxyl groups is 1. The molecule has 9 nitrogen and oxygen atoms in total. The topological polar surface area (TPSA) is 122 Å². The maximum Gasteiger partial charge on any atom is 0.268 e. The van der Waals surface area contributed by atoms with E-state index in [2.05, 4.69) is 15.5 Å². The van der Waals surface area contributed by atoms with E-state index in [1.54, 1.807) is 0 Å². The SMILES string of the molecule is NC(=O)c1c(O)c2c(n(CCN3CCOCC3)c1=O)NCCN2. The van der Waals surface area contributed by atoms with Gasteiger partial charge in [0.2, 0.25) is 0 Å². The molecule has 126 valence electrons. The van der Waals surface area contributed by atoms with Gasteiger partial charge < -0.3 is 26.2 Å². The van der Waals surface area contributed by atoms with Gasteiger partial charge in [-0.2, -0.15) is 0 Å². The molecule has 2 aliphatic rings. The van der Waals surface area contributed by atoms with Crippen LogP contribution in [0.1, 0.15) is 10.4 Å². The summed E-state index contributed by atoms with van der Waals surface area (Å²) in [6.45, 7) is 5.23. The zero-order valence-corrected chi connectivity index (χ0v) is 12.8. The van der Waals surface area contributed by atoms with Crippen molar-refractivity contribution >= 4 is 17.4 Å². The molecule has 1 amide bonds. The van der Waals surface area contributed by atoms with Crippen LogP contribution in [0.3, 0.4) is 0 Å². The Bertz CT molecular complexity index is 666. The molecule has 3 heterocycles. The van der Waals surface area contributed by atoms with Crippen LogP contribution in [0.15, 0.2) is 4.79 Å². The van der Waals surface area contributed by atoms with Gasteiger partial charge >= 0.3 is 0 Å². The Morgan fingerprint density at radius 2 is 1.91 bits per heavy atom. The lowest BCUT2D eigenvalue weighted by molar-refractivity contribution is 0.0363. The second-order valence-corrected chi connectivity index (χ2v) is 5.58. The number of anilines is 2. The van der Waals surface area contributed by atoms with Gasteiger partial charge in [-0.1, -0.05) is 0 Å². The summed E-state index contributed by atoms with van der Waals surface area (Å²) in [5.41, 5.74) is 4.68. The van der Waals surface area contributed by atoms with E-state index < -0.39 is 11.5 Å². The number of primary amides is 1. The van der Waals surface area contributed by atoms with Crippen LogP contribution in [0.25, 0.3) is 0 Å². The summed E-state index contributed by atoms with van der Waals surface area (Å²) < 4.78 is 6.77. The van der Waals surface area contributed by atoms with E-state index in [0.717, 1.165) is 13.1 Å². The Kier molecular flexibility index (Phi) is 4.39.